The van der Waals surface area contributed by atoms with Crippen LogP contribution in [0.4, 0.5) is 5.69 Å². The molecule has 2 aromatic carbocycles. The van der Waals surface area contributed by atoms with Crippen molar-refractivity contribution in [3.63, 3.8) is 0 Å². The number of nitrogens with zero attached hydrogens (tertiary/aromatic N) is 3. The maximum absolute atomic E-state index is 13.0. The number of nitrogens with one attached hydrogen (secondary N) is 1. The van der Waals surface area contributed by atoms with Gasteiger partial charge in [0, 0.05) is 0 Å². The summed E-state index contributed by atoms with van der Waals surface area (Å²) < 4.78 is 72.8. The van der Waals surface area contributed by atoms with Crippen molar-refractivity contribution in [2.45, 2.75) is 9.79 Å². The van der Waals surface area contributed by atoms with Gasteiger partial charge < -0.3 is 24.1 Å². The molecule has 3 aromatic rings. The van der Waals surface area contributed by atoms with Crippen molar-refractivity contribution in [3.05, 3.63) is 82.2 Å². The Balaban J connectivity index is 0.00000323. The largest absolute Gasteiger partial charge is 1.00 e. The second-order valence-corrected chi connectivity index (χ2v) is 10.7. The summed E-state index contributed by atoms with van der Waals surface area (Å²) in [7, 11) is -9.49. The molecule has 0 spiro atoms. The van der Waals surface area contributed by atoms with Gasteiger partial charge in [0.1, 0.15) is 25.8 Å². The van der Waals surface area contributed by atoms with Gasteiger partial charge in [-0.3, -0.25) is 14.7 Å². The average molecular weight is 683 g/mol. The number of amides is 1. The van der Waals surface area contributed by atoms with Crippen molar-refractivity contribution in [2.75, 3.05) is 11.8 Å². The van der Waals surface area contributed by atoms with Crippen LogP contribution in [0.1, 0.15) is 5.56 Å². The van der Waals surface area contributed by atoms with Crippen LogP contribution in [0.25, 0.3) is 11.8 Å². The van der Waals surface area contributed by atoms with E-state index >= 15 is 0 Å². The van der Waals surface area contributed by atoms with Crippen LogP contribution in [0.15, 0.2) is 85.9 Å². The van der Waals surface area contributed by atoms with Gasteiger partial charge >= 0.3 is 109 Å². The average Bonchev–Trinajstić information content (AvgIpc) is 3.40. The molecule has 16 nitrogen and oxygen atoms in total. The number of aliphatic hydroxyl groups is 1. The van der Waals surface area contributed by atoms with Crippen LogP contribution < -0.4 is 118 Å². The molecule has 3 N–H and O–H groups in total. The predicted molar refractivity (Wildman–Crippen MR) is 136 cm³/mol. The number of hydrogen-bond donors (Lipinski definition) is 3. The number of aromatic nitrogens is 2. The first kappa shape index (κ1) is 37.6. The summed E-state index contributed by atoms with van der Waals surface area (Å²) >= 11 is 0. The first-order valence-corrected chi connectivity index (χ1v) is 13.8. The van der Waals surface area contributed by atoms with Crippen LogP contribution in [0.5, 0.6) is 5.88 Å². The summed E-state index contributed by atoms with van der Waals surface area (Å²) in [6, 6.07) is 8.32. The maximum Gasteiger partial charge on any atom is 1.00 e. The number of aromatic amines is 1. The van der Waals surface area contributed by atoms with E-state index in [9.17, 15) is 50.5 Å². The number of anilines is 1. The fraction of sp³-hybridized carbons (Fsp3) is 0.0435. The standard InChI is InChI=1S/C23H18N4O12S2.2K/c28-12-39-20-18(22(30)27(25-20)14-6-10-16(11-7-14)41(36,37)38)3-1-2-17-19(23(31)32)24-26(21(17)29)13-4-8-15(9-5-13)40(33,34)35;;/h1-11,25,28H,12H2,(H,31,32)(H,33,34,35)(H,36,37,38);;/q;2*+1/p-2. The van der Waals surface area contributed by atoms with E-state index in [1.54, 1.807) is 0 Å². The molecule has 0 saturated heterocycles. The number of carboxylic acid groups (broad SMARTS) is 1. The number of allylic oxidation sites excluding steroid dienone is 2. The number of ether oxygens (including phenoxy) is 1. The van der Waals surface area contributed by atoms with Gasteiger partial charge in [0.05, 0.1) is 26.7 Å². The molecule has 0 aliphatic carbocycles. The SMILES string of the molecule is O=C(O)C1=NN(c2ccc(S(=O)(=O)[O-])cc2)C(=O)C1=CC=Cc1c(OCO)[nH]n(-c2ccc(S(=O)(=O)[O-])cc2)c1=O.[K+].[K+]. The number of hydrogen-bond acceptors (Lipinski definition) is 12. The number of aliphatic carboxylic acids is 1. The van der Waals surface area contributed by atoms with Crippen LogP contribution >= 0.6 is 0 Å². The van der Waals surface area contributed by atoms with E-state index in [1.165, 1.54) is 12.1 Å². The smallest absolute Gasteiger partial charge is 0.744 e. The van der Waals surface area contributed by atoms with Gasteiger partial charge in [-0.1, -0.05) is 6.08 Å². The number of carbonyl (C=O) groups excluding carboxylic acids is 1. The molecule has 0 saturated carbocycles. The minimum Gasteiger partial charge on any atom is -0.744 e. The van der Waals surface area contributed by atoms with E-state index in [2.05, 4.69) is 10.2 Å². The van der Waals surface area contributed by atoms with E-state index in [0.29, 0.717) is 5.01 Å². The molecular weight excluding hydrogens is 667 g/mol. The third-order valence-corrected chi connectivity index (χ3v) is 7.16. The maximum atomic E-state index is 13.0. The summed E-state index contributed by atoms with van der Waals surface area (Å²) in [5, 5.41) is 25.7. The molecule has 0 atom stereocenters. The van der Waals surface area contributed by atoms with Gasteiger partial charge in [-0.25, -0.2) is 26.3 Å². The van der Waals surface area contributed by atoms with Crippen molar-refractivity contribution in [1.29, 1.82) is 0 Å². The zero-order chi connectivity index (χ0) is 30.1. The zero-order valence-corrected chi connectivity index (χ0v) is 30.1. The minimum absolute atomic E-state index is 0. The Kier molecular flexibility index (Phi) is 13.2. The summed E-state index contributed by atoms with van der Waals surface area (Å²) in [6.45, 7) is -0.856. The number of rotatable bonds is 9. The van der Waals surface area contributed by atoms with Crippen molar-refractivity contribution in [2.24, 2.45) is 5.10 Å². The van der Waals surface area contributed by atoms with E-state index in [-0.39, 0.29) is 126 Å². The molecular formula is C23H16K2N4O12S2. The Morgan fingerprint density at radius 3 is 1.91 bits per heavy atom. The minimum atomic E-state index is -4.76. The van der Waals surface area contributed by atoms with Crippen molar-refractivity contribution < 1.29 is 153 Å². The van der Waals surface area contributed by atoms with Gasteiger partial charge in [-0.05, 0) is 60.7 Å². The molecule has 1 aliphatic heterocycles. The summed E-state index contributed by atoms with van der Waals surface area (Å²) in [5.74, 6) is -2.74. The number of benzene rings is 2. The Morgan fingerprint density at radius 2 is 1.44 bits per heavy atom. The van der Waals surface area contributed by atoms with Crippen LogP contribution in [-0.2, 0) is 29.8 Å². The molecule has 2 heterocycles. The topological polar surface area (TPSA) is 252 Å². The van der Waals surface area contributed by atoms with Crippen LogP contribution in [0, 0.1) is 0 Å². The van der Waals surface area contributed by atoms with Gasteiger partial charge in [0.2, 0.25) is 5.88 Å². The monoisotopic (exact) mass is 682 g/mol. The number of carbonyl (C=O) groups is 2. The number of H-pyrrole nitrogens is 1. The molecule has 0 fully saturated rings. The molecule has 20 heteroatoms. The number of hydrazone groups is 1. The Bertz CT molecular complexity index is 1910. The molecule has 0 unspecified atom stereocenters. The first-order chi connectivity index (χ1) is 19.2. The normalized spacial score (nSPS) is 14.4. The van der Waals surface area contributed by atoms with E-state index in [1.807, 2.05) is 0 Å². The third-order valence-electron chi connectivity index (χ3n) is 5.46. The first-order valence-electron chi connectivity index (χ1n) is 11.0. The number of aliphatic hydroxyl groups excluding tert-OH is 1. The molecule has 4 rings (SSSR count). The molecule has 1 aromatic heterocycles. The Morgan fingerprint density at radius 1 is 0.930 bits per heavy atom. The molecule has 1 amide bonds. The van der Waals surface area contributed by atoms with Crippen molar-refractivity contribution in [1.82, 2.24) is 9.78 Å². The second kappa shape index (κ2) is 15.1. The Labute approximate surface area is 328 Å². The van der Waals surface area contributed by atoms with Crippen LogP contribution in [-0.4, -0.2) is 70.3 Å². The fourth-order valence-electron chi connectivity index (χ4n) is 3.59. The van der Waals surface area contributed by atoms with Crippen molar-refractivity contribution >= 4 is 49.6 Å². The number of carboxylic acids is 1. The third kappa shape index (κ3) is 8.56. The van der Waals surface area contributed by atoms with Gasteiger partial charge in [-0.15, -0.1) is 0 Å². The quantitative estimate of drug-likeness (QED) is 0.0825. The molecule has 43 heavy (non-hydrogen) atoms. The zero-order valence-electron chi connectivity index (χ0n) is 22.2. The second-order valence-electron chi connectivity index (χ2n) is 7.97. The van der Waals surface area contributed by atoms with E-state index < -0.39 is 65.5 Å². The molecule has 0 radical (unpaired) electrons. The molecule has 0 bridgehead atoms. The summed E-state index contributed by atoms with van der Waals surface area (Å²) in [5.41, 5.74) is -1.98. The van der Waals surface area contributed by atoms with Crippen LogP contribution in [0.2, 0.25) is 0 Å². The molecule has 214 valence electrons. The van der Waals surface area contributed by atoms with Crippen LogP contribution in [0.3, 0.4) is 0 Å². The summed E-state index contributed by atoms with van der Waals surface area (Å²) in [6.07, 6.45) is 3.31. The van der Waals surface area contributed by atoms with Crippen molar-refractivity contribution in [3.8, 4) is 11.6 Å². The van der Waals surface area contributed by atoms with E-state index in [4.69, 9.17) is 4.74 Å². The van der Waals surface area contributed by atoms with E-state index in [0.717, 1.165) is 59.3 Å². The fourth-order valence-corrected chi connectivity index (χ4v) is 4.53. The van der Waals surface area contributed by atoms with Gasteiger partial charge in [-0.2, -0.15) is 10.1 Å². The van der Waals surface area contributed by atoms with Gasteiger partial charge in [0.15, 0.2) is 12.5 Å². The molecule has 1 aliphatic rings. The summed E-state index contributed by atoms with van der Waals surface area (Å²) in [4.78, 5) is 36.6. The predicted octanol–water partition coefficient (Wildman–Crippen LogP) is -6.26. The van der Waals surface area contributed by atoms with Gasteiger partial charge in [0.25, 0.3) is 11.5 Å². The Hall–Kier alpha value is -1.61.